The van der Waals surface area contributed by atoms with Gasteiger partial charge < -0.3 is 14.4 Å². The van der Waals surface area contributed by atoms with E-state index >= 15 is 0 Å². The molecule has 18 heavy (non-hydrogen) atoms. The summed E-state index contributed by atoms with van der Waals surface area (Å²) in [5.74, 6) is 0. The monoisotopic (exact) mass is 256 g/mol. The van der Waals surface area contributed by atoms with E-state index in [0.717, 1.165) is 13.0 Å². The quantitative estimate of drug-likeness (QED) is 0.717. The molecule has 0 bridgehead atoms. The highest BCUT2D eigenvalue weighted by Gasteiger charge is 2.51. The molecule has 2 saturated heterocycles. The van der Waals surface area contributed by atoms with Crippen molar-refractivity contribution in [3.63, 3.8) is 0 Å². The molecule has 2 fully saturated rings. The first-order chi connectivity index (χ1) is 8.11. The zero-order valence-electron chi connectivity index (χ0n) is 12.0. The molecule has 1 N–H and O–H groups in total. The van der Waals surface area contributed by atoms with E-state index < -0.39 is 5.60 Å². The fourth-order valence-corrected chi connectivity index (χ4v) is 2.55. The third kappa shape index (κ3) is 2.95. The van der Waals surface area contributed by atoms with E-state index in [0.29, 0.717) is 13.1 Å². The van der Waals surface area contributed by atoms with E-state index in [4.69, 9.17) is 9.47 Å². The van der Waals surface area contributed by atoms with Crippen LogP contribution < -0.4 is 5.32 Å². The summed E-state index contributed by atoms with van der Waals surface area (Å²) in [5.41, 5.74) is -0.919. The van der Waals surface area contributed by atoms with Crippen LogP contribution in [0.5, 0.6) is 0 Å². The molecule has 1 spiro atoms. The number of likely N-dealkylation sites (tertiary alicyclic amines) is 1. The van der Waals surface area contributed by atoms with E-state index in [2.05, 4.69) is 5.32 Å². The summed E-state index contributed by atoms with van der Waals surface area (Å²) >= 11 is 0. The summed E-state index contributed by atoms with van der Waals surface area (Å²) in [7, 11) is 0. The van der Waals surface area contributed by atoms with Crippen molar-refractivity contribution in [1.82, 2.24) is 10.2 Å². The minimum atomic E-state index is -0.436. The van der Waals surface area contributed by atoms with Gasteiger partial charge in [0.05, 0.1) is 13.1 Å². The lowest BCUT2D eigenvalue weighted by atomic mass is 9.88. The minimum Gasteiger partial charge on any atom is -0.444 e. The van der Waals surface area contributed by atoms with E-state index in [1.165, 1.54) is 0 Å². The molecular formula is C13H24N2O3. The van der Waals surface area contributed by atoms with Crippen molar-refractivity contribution in [2.45, 2.75) is 58.0 Å². The first kappa shape index (κ1) is 13.6. The number of nitrogens with zero attached hydrogens (tertiary/aromatic N) is 1. The van der Waals surface area contributed by atoms with Gasteiger partial charge in [0.15, 0.2) is 0 Å². The molecule has 5 heteroatoms. The Balaban J connectivity index is 1.88. The summed E-state index contributed by atoms with van der Waals surface area (Å²) in [6.45, 7) is 11.9. The first-order valence-corrected chi connectivity index (χ1v) is 6.54. The number of nitrogens with one attached hydrogen (secondary N) is 1. The number of rotatable bonds is 0. The number of ether oxygens (including phenoxy) is 2. The molecule has 0 aromatic rings. The van der Waals surface area contributed by atoms with Gasteiger partial charge in [-0.2, -0.15) is 0 Å². The second kappa shape index (κ2) is 4.10. The van der Waals surface area contributed by atoms with Gasteiger partial charge in [-0.05, 0) is 41.0 Å². The molecule has 2 heterocycles. The molecule has 1 amide bonds. The second-order valence-electron chi connectivity index (χ2n) is 6.81. The Labute approximate surface area is 109 Å². The topological polar surface area (TPSA) is 50.8 Å². The van der Waals surface area contributed by atoms with Crippen LogP contribution in [0.25, 0.3) is 0 Å². The van der Waals surface area contributed by atoms with Crippen LogP contribution in [-0.4, -0.2) is 47.6 Å². The maximum Gasteiger partial charge on any atom is 0.410 e. The molecule has 0 aromatic carbocycles. The van der Waals surface area contributed by atoms with Crippen molar-refractivity contribution < 1.29 is 14.3 Å². The predicted molar refractivity (Wildman–Crippen MR) is 68.3 cm³/mol. The van der Waals surface area contributed by atoms with Crippen LogP contribution in [-0.2, 0) is 9.47 Å². The molecule has 0 radical (unpaired) electrons. The molecule has 104 valence electrons. The lowest BCUT2D eigenvalue weighted by molar-refractivity contribution is -0.232. The van der Waals surface area contributed by atoms with Gasteiger partial charge in [0, 0.05) is 6.54 Å². The van der Waals surface area contributed by atoms with Crippen LogP contribution in [0.4, 0.5) is 4.79 Å². The van der Waals surface area contributed by atoms with Gasteiger partial charge in [-0.15, -0.1) is 0 Å². The Morgan fingerprint density at radius 3 is 2.44 bits per heavy atom. The van der Waals surface area contributed by atoms with Gasteiger partial charge >= 0.3 is 6.09 Å². The number of hydrogen-bond donors (Lipinski definition) is 1. The van der Waals surface area contributed by atoms with Crippen LogP contribution in [0.15, 0.2) is 0 Å². The highest BCUT2D eigenvalue weighted by atomic mass is 16.6. The first-order valence-electron chi connectivity index (χ1n) is 6.54. The lowest BCUT2D eigenvalue weighted by Crippen LogP contribution is -2.71. The average Bonchev–Trinajstić information content (AvgIpc) is 2.09. The summed E-state index contributed by atoms with van der Waals surface area (Å²) in [6.07, 6.45) is 0.698. The summed E-state index contributed by atoms with van der Waals surface area (Å²) in [5, 5.41) is 3.31. The Morgan fingerprint density at radius 2 is 1.94 bits per heavy atom. The normalized spacial score (nSPS) is 25.7. The van der Waals surface area contributed by atoms with Crippen LogP contribution in [0.2, 0.25) is 0 Å². The largest absolute Gasteiger partial charge is 0.444 e. The molecule has 0 unspecified atom stereocenters. The average molecular weight is 256 g/mol. The van der Waals surface area contributed by atoms with Crippen LogP contribution >= 0.6 is 0 Å². The third-order valence-corrected chi connectivity index (χ3v) is 3.21. The molecule has 2 rings (SSSR count). The van der Waals surface area contributed by atoms with Gasteiger partial charge in [0.25, 0.3) is 0 Å². The Bertz CT molecular complexity index is 341. The summed E-state index contributed by atoms with van der Waals surface area (Å²) in [6, 6.07) is 0. The summed E-state index contributed by atoms with van der Waals surface area (Å²) < 4.78 is 11.4. The van der Waals surface area contributed by atoms with Gasteiger partial charge in [-0.3, -0.25) is 5.32 Å². The number of hydrogen-bond acceptors (Lipinski definition) is 4. The van der Waals surface area contributed by atoms with Crippen molar-refractivity contribution in [3.8, 4) is 0 Å². The van der Waals surface area contributed by atoms with Crippen molar-refractivity contribution in [2.75, 3.05) is 19.6 Å². The summed E-state index contributed by atoms with van der Waals surface area (Å²) in [4.78, 5) is 13.6. The fourth-order valence-electron chi connectivity index (χ4n) is 2.55. The second-order valence-corrected chi connectivity index (χ2v) is 6.81. The Hall–Kier alpha value is -0.810. The van der Waals surface area contributed by atoms with E-state index in [1.807, 2.05) is 34.6 Å². The van der Waals surface area contributed by atoms with Crippen molar-refractivity contribution in [3.05, 3.63) is 0 Å². The van der Waals surface area contributed by atoms with Gasteiger partial charge in [0.2, 0.25) is 0 Å². The Morgan fingerprint density at radius 1 is 1.33 bits per heavy atom. The van der Waals surface area contributed by atoms with Crippen molar-refractivity contribution in [1.29, 1.82) is 0 Å². The Kier molecular flexibility index (Phi) is 3.10. The highest BCUT2D eigenvalue weighted by Crippen LogP contribution is 2.35. The number of amides is 1. The van der Waals surface area contributed by atoms with Crippen molar-refractivity contribution in [2.24, 2.45) is 0 Å². The molecule has 0 saturated carbocycles. The van der Waals surface area contributed by atoms with Gasteiger partial charge in [-0.1, -0.05) is 0 Å². The van der Waals surface area contributed by atoms with Gasteiger partial charge in [-0.25, -0.2) is 4.79 Å². The number of carbonyl (C=O) groups excluding carboxylic acids is 1. The van der Waals surface area contributed by atoms with Gasteiger partial charge in [0.1, 0.15) is 16.9 Å². The highest BCUT2D eigenvalue weighted by molar-refractivity contribution is 5.69. The molecule has 5 nitrogen and oxygen atoms in total. The molecule has 2 aliphatic rings. The lowest BCUT2D eigenvalue weighted by Gasteiger charge is -2.55. The van der Waals surface area contributed by atoms with E-state index in [1.54, 1.807) is 4.90 Å². The molecular weight excluding hydrogens is 232 g/mol. The smallest absolute Gasteiger partial charge is 0.410 e. The van der Waals surface area contributed by atoms with E-state index in [-0.39, 0.29) is 17.4 Å². The van der Waals surface area contributed by atoms with Crippen LogP contribution in [0.1, 0.15) is 41.0 Å². The molecule has 0 aromatic heterocycles. The zero-order chi connectivity index (χ0) is 13.6. The standard InChI is InChI=1S/C13H24N2O3/c1-11(2,3)17-10(16)15-8-13(9-15)6-7-14-12(4,5)18-13/h14H,6-9H2,1-5H3. The van der Waals surface area contributed by atoms with Crippen LogP contribution in [0, 0.1) is 0 Å². The fraction of sp³-hybridized carbons (Fsp3) is 0.923. The zero-order valence-corrected chi connectivity index (χ0v) is 12.0. The molecule has 0 aliphatic carbocycles. The van der Waals surface area contributed by atoms with Crippen molar-refractivity contribution >= 4 is 6.09 Å². The third-order valence-electron chi connectivity index (χ3n) is 3.21. The predicted octanol–water partition coefficient (Wildman–Crippen LogP) is 1.72. The van der Waals surface area contributed by atoms with Crippen LogP contribution in [0.3, 0.4) is 0 Å². The maximum atomic E-state index is 11.9. The van der Waals surface area contributed by atoms with E-state index in [9.17, 15) is 4.79 Å². The maximum absolute atomic E-state index is 11.9. The number of carbonyl (C=O) groups is 1. The SMILES string of the molecule is CC(C)(C)OC(=O)N1CC2(CCNC(C)(C)O2)C1. The minimum absolute atomic E-state index is 0.175. The molecule has 2 aliphatic heterocycles. The molecule has 0 atom stereocenters.